The maximum atomic E-state index is 8.29. The Labute approximate surface area is 78.4 Å². The fourth-order valence-corrected chi connectivity index (χ4v) is 0.964. The molecule has 68 valence electrons. The lowest BCUT2D eigenvalue weighted by Crippen LogP contribution is -2.14. The highest BCUT2D eigenvalue weighted by molar-refractivity contribution is 5.11. The first kappa shape index (κ1) is 9.69. The smallest absolute Gasteiger partial charge is 0.0635 e. The molecule has 1 heterocycles. The Balaban J connectivity index is 2.30. The molecule has 1 aromatic rings. The average molecular weight is 175 g/mol. The first-order valence-corrected chi connectivity index (χ1v) is 4.32. The number of rotatable bonds is 4. The van der Waals surface area contributed by atoms with Gasteiger partial charge in [-0.2, -0.15) is 5.26 Å². The summed E-state index contributed by atoms with van der Waals surface area (Å²) in [4.78, 5) is 4.23. The van der Waals surface area contributed by atoms with Gasteiger partial charge in [-0.25, -0.2) is 0 Å². The van der Waals surface area contributed by atoms with Crippen LogP contribution < -0.4 is 5.32 Å². The van der Waals surface area contributed by atoms with Gasteiger partial charge >= 0.3 is 0 Å². The number of nitriles is 1. The van der Waals surface area contributed by atoms with Gasteiger partial charge in [-0.05, 0) is 18.6 Å². The molecule has 0 aromatic carbocycles. The number of hydrogen-bond donors (Lipinski definition) is 1. The lowest BCUT2D eigenvalue weighted by Gasteiger charge is -2.01. The van der Waals surface area contributed by atoms with Crippen LogP contribution in [0.3, 0.4) is 0 Å². The highest BCUT2D eigenvalue weighted by Gasteiger charge is 1.92. The molecule has 0 spiro atoms. The number of aromatic nitrogens is 1. The van der Waals surface area contributed by atoms with Crippen LogP contribution in [0.5, 0.6) is 0 Å². The molecule has 0 aliphatic carbocycles. The van der Waals surface area contributed by atoms with Crippen molar-refractivity contribution in [2.75, 3.05) is 6.54 Å². The van der Waals surface area contributed by atoms with E-state index in [0.29, 0.717) is 6.42 Å². The standard InChI is InChI=1S/C10H13N3/c1-9-3-4-10(13-7-9)8-12-6-2-5-11/h3-4,7,12H,2,6,8H2,1H3. The summed E-state index contributed by atoms with van der Waals surface area (Å²) in [7, 11) is 0. The molecule has 0 saturated heterocycles. The Morgan fingerprint density at radius 2 is 2.38 bits per heavy atom. The largest absolute Gasteiger partial charge is 0.310 e. The Morgan fingerprint density at radius 1 is 1.54 bits per heavy atom. The van der Waals surface area contributed by atoms with Crippen molar-refractivity contribution in [1.82, 2.24) is 10.3 Å². The summed E-state index contributed by atoms with van der Waals surface area (Å²) in [6.07, 6.45) is 2.40. The number of hydrogen-bond acceptors (Lipinski definition) is 3. The minimum atomic E-state index is 0.547. The third-order valence-corrected chi connectivity index (χ3v) is 1.69. The van der Waals surface area contributed by atoms with Crippen LogP contribution in [-0.4, -0.2) is 11.5 Å². The van der Waals surface area contributed by atoms with E-state index in [1.165, 1.54) is 5.56 Å². The van der Waals surface area contributed by atoms with E-state index in [2.05, 4.69) is 16.4 Å². The molecule has 1 N–H and O–H groups in total. The normalized spacial score (nSPS) is 9.54. The molecule has 0 unspecified atom stereocenters. The van der Waals surface area contributed by atoms with E-state index in [4.69, 9.17) is 5.26 Å². The maximum Gasteiger partial charge on any atom is 0.0635 e. The fourth-order valence-electron chi connectivity index (χ4n) is 0.964. The van der Waals surface area contributed by atoms with Gasteiger partial charge in [0.15, 0.2) is 0 Å². The van der Waals surface area contributed by atoms with Crippen molar-refractivity contribution in [3.8, 4) is 6.07 Å². The Kier molecular flexibility index (Phi) is 3.94. The molecule has 0 fully saturated rings. The third kappa shape index (κ3) is 3.68. The minimum Gasteiger partial charge on any atom is -0.310 e. The summed E-state index contributed by atoms with van der Waals surface area (Å²) in [5.74, 6) is 0. The van der Waals surface area contributed by atoms with E-state index in [1.807, 2.05) is 25.3 Å². The van der Waals surface area contributed by atoms with Crippen LogP contribution in [0.15, 0.2) is 18.3 Å². The summed E-state index contributed by atoms with van der Waals surface area (Å²) in [6.45, 7) is 3.48. The zero-order valence-corrected chi connectivity index (χ0v) is 7.75. The molecule has 0 amide bonds. The highest BCUT2D eigenvalue weighted by atomic mass is 14.9. The van der Waals surface area contributed by atoms with Crippen LogP contribution in [0.4, 0.5) is 0 Å². The topological polar surface area (TPSA) is 48.7 Å². The van der Waals surface area contributed by atoms with E-state index in [1.54, 1.807) is 0 Å². The first-order valence-electron chi connectivity index (χ1n) is 4.32. The zero-order valence-electron chi connectivity index (χ0n) is 7.75. The van der Waals surface area contributed by atoms with Gasteiger partial charge in [0, 0.05) is 25.7 Å². The van der Waals surface area contributed by atoms with Crippen molar-refractivity contribution in [2.45, 2.75) is 19.9 Å². The molecule has 0 saturated carbocycles. The minimum absolute atomic E-state index is 0.547. The summed E-state index contributed by atoms with van der Waals surface area (Å²) < 4.78 is 0. The fraction of sp³-hybridized carbons (Fsp3) is 0.400. The number of nitrogens with one attached hydrogen (secondary N) is 1. The quantitative estimate of drug-likeness (QED) is 0.703. The summed E-state index contributed by atoms with van der Waals surface area (Å²) in [5, 5.41) is 11.4. The van der Waals surface area contributed by atoms with E-state index < -0.39 is 0 Å². The van der Waals surface area contributed by atoms with Gasteiger partial charge in [0.05, 0.1) is 11.8 Å². The predicted octanol–water partition coefficient (Wildman–Crippen LogP) is 1.39. The molecule has 0 atom stereocenters. The van der Waals surface area contributed by atoms with Gasteiger partial charge in [0.25, 0.3) is 0 Å². The van der Waals surface area contributed by atoms with Crippen LogP contribution >= 0.6 is 0 Å². The van der Waals surface area contributed by atoms with Crippen molar-refractivity contribution in [2.24, 2.45) is 0 Å². The van der Waals surface area contributed by atoms with Crippen molar-refractivity contribution in [3.63, 3.8) is 0 Å². The van der Waals surface area contributed by atoms with E-state index in [-0.39, 0.29) is 0 Å². The second-order valence-corrected chi connectivity index (χ2v) is 2.91. The summed E-state index contributed by atoms with van der Waals surface area (Å²) in [6, 6.07) is 6.11. The molecule has 13 heavy (non-hydrogen) atoms. The van der Waals surface area contributed by atoms with Gasteiger partial charge in [-0.3, -0.25) is 4.98 Å². The van der Waals surface area contributed by atoms with Crippen LogP contribution in [0.1, 0.15) is 17.7 Å². The second kappa shape index (κ2) is 5.28. The summed E-state index contributed by atoms with van der Waals surface area (Å²) >= 11 is 0. The van der Waals surface area contributed by atoms with Gasteiger partial charge in [0.1, 0.15) is 0 Å². The lowest BCUT2D eigenvalue weighted by molar-refractivity contribution is 0.685. The third-order valence-electron chi connectivity index (χ3n) is 1.69. The number of aryl methyl sites for hydroxylation is 1. The molecule has 0 radical (unpaired) electrons. The molecule has 0 aliphatic heterocycles. The first-order chi connectivity index (χ1) is 6.33. The molecule has 1 rings (SSSR count). The van der Waals surface area contributed by atoms with Gasteiger partial charge in [0.2, 0.25) is 0 Å². The molecule has 1 aromatic heterocycles. The second-order valence-electron chi connectivity index (χ2n) is 2.91. The lowest BCUT2D eigenvalue weighted by atomic mass is 10.3. The van der Waals surface area contributed by atoms with Crippen molar-refractivity contribution in [3.05, 3.63) is 29.6 Å². The van der Waals surface area contributed by atoms with Crippen molar-refractivity contribution < 1.29 is 0 Å². The van der Waals surface area contributed by atoms with Crippen molar-refractivity contribution >= 4 is 0 Å². The average Bonchev–Trinajstić information content (AvgIpc) is 2.15. The number of pyridine rings is 1. The van der Waals surface area contributed by atoms with E-state index in [9.17, 15) is 0 Å². The predicted molar refractivity (Wildman–Crippen MR) is 50.9 cm³/mol. The van der Waals surface area contributed by atoms with E-state index >= 15 is 0 Å². The van der Waals surface area contributed by atoms with Crippen molar-refractivity contribution in [1.29, 1.82) is 5.26 Å². The monoisotopic (exact) mass is 175 g/mol. The Hall–Kier alpha value is -1.40. The highest BCUT2D eigenvalue weighted by Crippen LogP contribution is 1.97. The molecular weight excluding hydrogens is 162 g/mol. The Bertz CT molecular complexity index is 284. The van der Waals surface area contributed by atoms with Gasteiger partial charge in [-0.1, -0.05) is 6.07 Å². The zero-order chi connectivity index (χ0) is 9.52. The van der Waals surface area contributed by atoms with Crippen LogP contribution in [0.2, 0.25) is 0 Å². The van der Waals surface area contributed by atoms with Crippen LogP contribution in [-0.2, 0) is 6.54 Å². The summed E-state index contributed by atoms with van der Waals surface area (Å²) in [5.41, 5.74) is 2.18. The number of nitrogens with zero attached hydrogens (tertiary/aromatic N) is 2. The Morgan fingerprint density at radius 3 is 3.00 bits per heavy atom. The molecular formula is C10H13N3. The molecule has 0 bridgehead atoms. The maximum absolute atomic E-state index is 8.29. The molecule has 3 heteroatoms. The molecule has 0 aliphatic rings. The van der Waals surface area contributed by atoms with Crippen LogP contribution in [0, 0.1) is 18.3 Å². The SMILES string of the molecule is Cc1ccc(CNCCC#N)nc1. The van der Waals surface area contributed by atoms with Gasteiger partial charge < -0.3 is 5.32 Å². The van der Waals surface area contributed by atoms with Crippen LogP contribution in [0.25, 0.3) is 0 Å². The van der Waals surface area contributed by atoms with E-state index in [0.717, 1.165) is 18.8 Å². The van der Waals surface area contributed by atoms with Gasteiger partial charge in [-0.15, -0.1) is 0 Å². The molecule has 3 nitrogen and oxygen atoms in total.